The number of hydrogen-bond acceptors (Lipinski definition) is 3. The minimum atomic E-state index is 0.157. The molecule has 0 aliphatic rings. The van der Waals surface area contributed by atoms with Gasteiger partial charge < -0.3 is 5.32 Å². The topological polar surface area (TPSA) is 24.9 Å². The standard InChI is InChI=1S/C17H15ClN2S/c1-12(15-4-2-3-5-16(15)18)20-14-8-6-13(7-9-14)17-19-10-11-21-17/h2-12,20H,1H3. The van der Waals surface area contributed by atoms with Crippen molar-refractivity contribution in [3.05, 3.63) is 70.7 Å². The van der Waals surface area contributed by atoms with Crippen molar-refractivity contribution >= 4 is 28.6 Å². The van der Waals surface area contributed by atoms with Crippen molar-refractivity contribution < 1.29 is 0 Å². The molecule has 1 N–H and O–H groups in total. The minimum Gasteiger partial charge on any atom is -0.378 e. The maximum atomic E-state index is 6.23. The Morgan fingerprint density at radius 3 is 2.52 bits per heavy atom. The molecule has 21 heavy (non-hydrogen) atoms. The van der Waals surface area contributed by atoms with Crippen molar-refractivity contribution in [3.63, 3.8) is 0 Å². The maximum Gasteiger partial charge on any atom is 0.123 e. The predicted octanol–water partition coefficient (Wildman–Crippen LogP) is 5.64. The highest BCUT2D eigenvalue weighted by molar-refractivity contribution is 7.13. The van der Waals surface area contributed by atoms with Gasteiger partial charge in [0.25, 0.3) is 0 Å². The molecule has 0 fully saturated rings. The molecule has 2 aromatic carbocycles. The summed E-state index contributed by atoms with van der Waals surface area (Å²) in [5.41, 5.74) is 3.31. The first-order valence-corrected chi connectivity index (χ1v) is 8.00. The fraction of sp³-hybridized carbons (Fsp3) is 0.118. The fourth-order valence-corrected chi connectivity index (χ4v) is 3.17. The van der Waals surface area contributed by atoms with Crippen molar-refractivity contribution in [2.75, 3.05) is 5.32 Å². The van der Waals surface area contributed by atoms with Gasteiger partial charge >= 0.3 is 0 Å². The Kier molecular flexibility index (Phi) is 4.23. The number of anilines is 1. The monoisotopic (exact) mass is 314 g/mol. The third kappa shape index (κ3) is 3.26. The van der Waals surface area contributed by atoms with E-state index in [2.05, 4.69) is 41.5 Å². The first-order valence-electron chi connectivity index (χ1n) is 6.75. The third-order valence-corrected chi connectivity index (χ3v) is 4.49. The molecule has 2 nitrogen and oxygen atoms in total. The average molecular weight is 315 g/mol. The van der Waals surface area contributed by atoms with Crippen molar-refractivity contribution in [2.45, 2.75) is 13.0 Å². The highest BCUT2D eigenvalue weighted by Gasteiger charge is 2.09. The van der Waals surface area contributed by atoms with Crippen LogP contribution in [0.5, 0.6) is 0 Å². The summed E-state index contributed by atoms with van der Waals surface area (Å²) in [5, 5.41) is 7.29. The zero-order valence-corrected chi connectivity index (χ0v) is 13.2. The molecule has 0 radical (unpaired) electrons. The average Bonchev–Trinajstić information content (AvgIpc) is 3.02. The molecule has 0 saturated heterocycles. The number of hydrogen-bond donors (Lipinski definition) is 1. The van der Waals surface area contributed by atoms with Crippen LogP contribution >= 0.6 is 22.9 Å². The molecule has 0 amide bonds. The molecule has 106 valence electrons. The smallest absolute Gasteiger partial charge is 0.123 e. The molecule has 0 aliphatic heterocycles. The van der Waals surface area contributed by atoms with Crippen molar-refractivity contribution in [3.8, 4) is 10.6 Å². The SMILES string of the molecule is CC(Nc1ccc(-c2nccs2)cc1)c1ccccc1Cl. The summed E-state index contributed by atoms with van der Waals surface area (Å²) in [6, 6.07) is 16.4. The van der Waals surface area contributed by atoms with Gasteiger partial charge in [0.15, 0.2) is 0 Å². The van der Waals surface area contributed by atoms with Crippen LogP contribution in [0.2, 0.25) is 5.02 Å². The quantitative estimate of drug-likeness (QED) is 0.674. The number of halogens is 1. The van der Waals surface area contributed by atoms with E-state index in [1.54, 1.807) is 11.3 Å². The molecule has 3 aromatic rings. The molecule has 0 aliphatic carbocycles. The molecule has 3 rings (SSSR count). The van der Waals surface area contributed by atoms with Crippen LogP contribution in [0.25, 0.3) is 10.6 Å². The first kappa shape index (κ1) is 14.1. The highest BCUT2D eigenvalue weighted by Crippen LogP contribution is 2.27. The molecule has 0 bridgehead atoms. The van der Waals surface area contributed by atoms with Gasteiger partial charge in [0.05, 0.1) is 0 Å². The van der Waals surface area contributed by atoms with E-state index >= 15 is 0 Å². The zero-order chi connectivity index (χ0) is 14.7. The van der Waals surface area contributed by atoms with Crippen LogP contribution in [0.1, 0.15) is 18.5 Å². The molecule has 0 saturated carbocycles. The number of aromatic nitrogens is 1. The van der Waals surface area contributed by atoms with E-state index in [0.29, 0.717) is 0 Å². The van der Waals surface area contributed by atoms with E-state index in [1.165, 1.54) is 0 Å². The lowest BCUT2D eigenvalue weighted by Gasteiger charge is -2.17. The number of benzene rings is 2. The normalized spacial score (nSPS) is 12.1. The van der Waals surface area contributed by atoms with Gasteiger partial charge in [0.2, 0.25) is 0 Å². The molecular weight excluding hydrogens is 300 g/mol. The van der Waals surface area contributed by atoms with Gasteiger partial charge in [-0.25, -0.2) is 4.98 Å². The van der Waals surface area contributed by atoms with E-state index in [0.717, 1.165) is 26.8 Å². The van der Waals surface area contributed by atoms with Gasteiger partial charge in [0, 0.05) is 33.9 Å². The van der Waals surface area contributed by atoms with E-state index in [-0.39, 0.29) is 6.04 Å². The summed E-state index contributed by atoms with van der Waals surface area (Å²) in [7, 11) is 0. The van der Waals surface area contributed by atoms with Crippen LogP contribution in [0.3, 0.4) is 0 Å². The van der Waals surface area contributed by atoms with Gasteiger partial charge in [-0.2, -0.15) is 0 Å². The summed E-state index contributed by atoms with van der Waals surface area (Å²) < 4.78 is 0. The van der Waals surface area contributed by atoms with Gasteiger partial charge in [-0.3, -0.25) is 0 Å². The summed E-state index contributed by atoms with van der Waals surface area (Å²) >= 11 is 7.88. The Morgan fingerprint density at radius 1 is 1.10 bits per heavy atom. The second-order valence-corrected chi connectivity index (χ2v) is 6.10. The molecule has 1 unspecified atom stereocenters. The Morgan fingerprint density at radius 2 is 1.86 bits per heavy atom. The second kappa shape index (κ2) is 6.29. The van der Waals surface area contributed by atoms with Gasteiger partial charge in [-0.15, -0.1) is 11.3 Å². The number of thiazole rings is 1. The molecular formula is C17H15ClN2S. The Hall–Kier alpha value is -1.84. The van der Waals surface area contributed by atoms with Crippen LogP contribution in [-0.4, -0.2) is 4.98 Å². The Labute approximate surface area is 133 Å². The molecule has 4 heteroatoms. The molecule has 0 spiro atoms. The molecule has 1 aromatic heterocycles. The maximum absolute atomic E-state index is 6.23. The number of nitrogens with zero attached hydrogens (tertiary/aromatic N) is 1. The summed E-state index contributed by atoms with van der Waals surface area (Å²) in [4.78, 5) is 4.32. The summed E-state index contributed by atoms with van der Waals surface area (Å²) in [5.74, 6) is 0. The van der Waals surface area contributed by atoms with E-state index < -0.39 is 0 Å². The molecule has 1 atom stereocenters. The van der Waals surface area contributed by atoms with Crippen LogP contribution in [-0.2, 0) is 0 Å². The summed E-state index contributed by atoms with van der Waals surface area (Å²) in [6.45, 7) is 2.11. The third-order valence-electron chi connectivity index (χ3n) is 3.32. The lowest BCUT2D eigenvalue weighted by molar-refractivity contribution is 0.885. The van der Waals surface area contributed by atoms with Crippen LogP contribution in [0.4, 0.5) is 5.69 Å². The minimum absolute atomic E-state index is 0.157. The van der Waals surface area contributed by atoms with E-state index in [9.17, 15) is 0 Å². The zero-order valence-electron chi connectivity index (χ0n) is 11.6. The van der Waals surface area contributed by atoms with Gasteiger partial charge in [-0.05, 0) is 42.8 Å². The number of rotatable bonds is 4. The molecule has 1 heterocycles. The van der Waals surface area contributed by atoms with Crippen molar-refractivity contribution in [2.24, 2.45) is 0 Å². The lowest BCUT2D eigenvalue weighted by atomic mass is 10.1. The van der Waals surface area contributed by atoms with Gasteiger partial charge in [-0.1, -0.05) is 29.8 Å². The summed E-state index contributed by atoms with van der Waals surface area (Å²) in [6.07, 6.45) is 1.83. The predicted molar refractivity (Wildman–Crippen MR) is 91.0 cm³/mol. The van der Waals surface area contributed by atoms with Crippen LogP contribution < -0.4 is 5.32 Å². The van der Waals surface area contributed by atoms with Crippen LogP contribution in [0.15, 0.2) is 60.1 Å². The van der Waals surface area contributed by atoms with Crippen molar-refractivity contribution in [1.29, 1.82) is 0 Å². The Bertz CT molecular complexity index is 708. The Balaban J connectivity index is 1.75. The van der Waals surface area contributed by atoms with Crippen molar-refractivity contribution in [1.82, 2.24) is 4.98 Å². The van der Waals surface area contributed by atoms with E-state index in [1.807, 2.05) is 35.8 Å². The second-order valence-electron chi connectivity index (χ2n) is 4.80. The van der Waals surface area contributed by atoms with E-state index in [4.69, 9.17) is 11.6 Å². The largest absolute Gasteiger partial charge is 0.378 e. The van der Waals surface area contributed by atoms with Crippen LogP contribution in [0, 0.1) is 0 Å². The first-order chi connectivity index (χ1) is 10.2. The number of nitrogens with one attached hydrogen (secondary N) is 1. The lowest BCUT2D eigenvalue weighted by Crippen LogP contribution is -2.06. The van der Waals surface area contributed by atoms with Gasteiger partial charge in [0.1, 0.15) is 5.01 Å². The fourth-order valence-electron chi connectivity index (χ4n) is 2.23. The highest BCUT2D eigenvalue weighted by atomic mass is 35.5.